The van der Waals surface area contributed by atoms with Crippen LogP contribution in [0.15, 0.2) is 0 Å². The van der Waals surface area contributed by atoms with Crippen LogP contribution in [0, 0.1) is 11.3 Å². The molecule has 26 heavy (non-hydrogen) atoms. The van der Waals surface area contributed by atoms with Gasteiger partial charge in [-0.15, -0.1) is 0 Å². The summed E-state index contributed by atoms with van der Waals surface area (Å²) in [4.78, 5) is 40.6. The van der Waals surface area contributed by atoms with Crippen molar-refractivity contribution in [2.24, 2.45) is 11.3 Å². The number of ether oxygens (including phenoxy) is 1. The first-order chi connectivity index (χ1) is 12.3. The van der Waals surface area contributed by atoms with Crippen molar-refractivity contribution in [1.82, 2.24) is 15.1 Å². The second kappa shape index (κ2) is 7.18. The lowest BCUT2D eigenvalue weighted by atomic mass is 9.65. The minimum Gasteiger partial charge on any atom is -0.378 e. The van der Waals surface area contributed by atoms with Gasteiger partial charge >= 0.3 is 6.03 Å². The average molecular weight is 365 g/mol. The Morgan fingerprint density at radius 1 is 1.23 bits per heavy atom. The zero-order valence-corrected chi connectivity index (χ0v) is 16.2. The molecule has 3 fully saturated rings. The van der Waals surface area contributed by atoms with E-state index in [1.165, 1.54) is 0 Å². The van der Waals surface area contributed by atoms with E-state index in [9.17, 15) is 14.4 Å². The minimum atomic E-state index is -0.803. The SMILES string of the molecule is CCC(C)(C)C1CCC2(CC1)NC(=O)N(CC(=O)N1CCOCC1)C2=O. The first-order valence-corrected chi connectivity index (χ1v) is 9.79. The highest BCUT2D eigenvalue weighted by molar-refractivity contribution is 6.09. The van der Waals surface area contributed by atoms with Gasteiger partial charge in [-0.25, -0.2) is 4.79 Å². The van der Waals surface area contributed by atoms with Crippen molar-refractivity contribution in [2.45, 2.75) is 58.4 Å². The maximum atomic E-state index is 13.0. The molecule has 0 atom stereocenters. The van der Waals surface area contributed by atoms with Gasteiger partial charge < -0.3 is 15.0 Å². The summed E-state index contributed by atoms with van der Waals surface area (Å²) in [5.74, 6) is 0.151. The van der Waals surface area contributed by atoms with E-state index in [2.05, 4.69) is 26.1 Å². The summed E-state index contributed by atoms with van der Waals surface area (Å²) in [6, 6.07) is -0.426. The predicted octanol–water partition coefficient (Wildman–Crippen LogP) is 1.76. The standard InChI is InChI=1S/C19H31N3O4/c1-4-18(2,3)14-5-7-19(8-6-14)16(24)22(17(25)20-19)13-15(23)21-9-11-26-12-10-21/h14H,4-13H2,1-3H3,(H,20,25). The number of hydrogen-bond donors (Lipinski definition) is 1. The molecule has 146 valence electrons. The molecule has 2 aliphatic heterocycles. The van der Waals surface area contributed by atoms with Crippen LogP contribution in [0.1, 0.15) is 52.9 Å². The minimum absolute atomic E-state index is 0.170. The summed E-state index contributed by atoms with van der Waals surface area (Å²) in [6.45, 7) is 8.62. The summed E-state index contributed by atoms with van der Waals surface area (Å²) >= 11 is 0. The quantitative estimate of drug-likeness (QED) is 0.770. The van der Waals surface area contributed by atoms with Gasteiger partial charge in [-0.1, -0.05) is 27.2 Å². The molecule has 0 aromatic rings. The van der Waals surface area contributed by atoms with E-state index in [1.54, 1.807) is 4.90 Å². The van der Waals surface area contributed by atoms with Crippen molar-refractivity contribution in [2.75, 3.05) is 32.8 Å². The van der Waals surface area contributed by atoms with Gasteiger partial charge in [-0.05, 0) is 37.0 Å². The third-order valence-electron chi connectivity index (χ3n) is 6.76. The van der Waals surface area contributed by atoms with E-state index in [4.69, 9.17) is 4.74 Å². The molecule has 3 aliphatic rings. The fourth-order valence-electron chi connectivity index (χ4n) is 4.39. The third-order valence-corrected chi connectivity index (χ3v) is 6.76. The van der Waals surface area contributed by atoms with Crippen LogP contribution in [-0.4, -0.2) is 66.0 Å². The number of rotatable bonds is 4. The Kier molecular flexibility index (Phi) is 5.28. The van der Waals surface area contributed by atoms with Gasteiger partial charge in [0.25, 0.3) is 5.91 Å². The number of urea groups is 1. The van der Waals surface area contributed by atoms with Crippen LogP contribution in [-0.2, 0) is 14.3 Å². The number of morpholine rings is 1. The number of carbonyl (C=O) groups is 3. The second-order valence-electron chi connectivity index (χ2n) is 8.51. The summed E-state index contributed by atoms with van der Waals surface area (Å²) in [5, 5.41) is 2.91. The lowest BCUT2D eigenvalue weighted by molar-refractivity contribution is -0.142. The van der Waals surface area contributed by atoms with E-state index in [0.717, 1.165) is 24.2 Å². The molecule has 0 unspecified atom stereocenters. The molecule has 1 N–H and O–H groups in total. The number of amides is 4. The molecule has 0 radical (unpaired) electrons. The van der Waals surface area contributed by atoms with Crippen molar-refractivity contribution in [3.8, 4) is 0 Å². The lowest BCUT2D eigenvalue weighted by Crippen LogP contribution is -2.51. The number of carbonyl (C=O) groups excluding carboxylic acids is 3. The van der Waals surface area contributed by atoms with E-state index < -0.39 is 11.6 Å². The molecule has 2 saturated heterocycles. The van der Waals surface area contributed by atoms with Crippen LogP contribution in [0.5, 0.6) is 0 Å². The van der Waals surface area contributed by atoms with Gasteiger partial charge in [-0.2, -0.15) is 0 Å². The fraction of sp³-hybridized carbons (Fsp3) is 0.842. The Hall–Kier alpha value is -1.63. The van der Waals surface area contributed by atoms with Gasteiger partial charge in [0.15, 0.2) is 0 Å². The average Bonchev–Trinajstić information content (AvgIpc) is 2.87. The number of hydrogen-bond acceptors (Lipinski definition) is 4. The van der Waals surface area contributed by atoms with E-state index in [1.807, 2.05) is 0 Å². The molecule has 1 spiro atoms. The third kappa shape index (κ3) is 3.46. The molecule has 0 bridgehead atoms. The van der Waals surface area contributed by atoms with Crippen molar-refractivity contribution < 1.29 is 19.1 Å². The Morgan fingerprint density at radius 2 is 1.85 bits per heavy atom. The molecule has 0 aromatic heterocycles. The highest BCUT2D eigenvalue weighted by Crippen LogP contribution is 2.45. The fourth-order valence-corrected chi connectivity index (χ4v) is 4.39. The second-order valence-corrected chi connectivity index (χ2v) is 8.51. The maximum Gasteiger partial charge on any atom is 0.325 e. The Balaban J connectivity index is 1.63. The van der Waals surface area contributed by atoms with Gasteiger partial charge in [0, 0.05) is 13.1 Å². The van der Waals surface area contributed by atoms with Gasteiger partial charge in [0.05, 0.1) is 13.2 Å². The largest absolute Gasteiger partial charge is 0.378 e. The van der Waals surface area contributed by atoms with Crippen molar-refractivity contribution in [1.29, 1.82) is 0 Å². The molecule has 0 aromatic carbocycles. The summed E-state index contributed by atoms with van der Waals surface area (Å²) < 4.78 is 5.25. The molecule has 4 amide bonds. The molecule has 7 heteroatoms. The van der Waals surface area contributed by atoms with Crippen LogP contribution in [0.4, 0.5) is 4.79 Å². The van der Waals surface area contributed by atoms with Crippen LogP contribution >= 0.6 is 0 Å². The van der Waals surface area contributed by atoms with Crippen LogP contribution in [0.2, 0.25) is 0 Å². The lowest BCUT2D eigenvalue weighted by Gasteiger charge is -2.42. The van der Waals surface area contributed by atoms with E-state index >= 15 is 0 Å². The van der Waals surface area contributed by atoms with Gasteiger partial charge in [0.2, 0.25) is 5.91 Å². The van der Waals surface area contributed by atoms with E-state index in [0.29, 0.717) is 45.1 Å². The zero-order chi connectivity index (χ0) is 18.9. The Bertz CT molecular complexity index is 575. The first-order valence-electron chi connectivity index (χ1n) is 9.79. The predicted molar refractivity (Wildman–Crippen MR) is 96.4 cm³/mol. The summed E-state index contributed by atoms with van der Waals surface area (Å²) in [6.07, 6.45) is 4.28. The molecular formula is C19H31N3O4. The van der Waals surface area contributed by atoms with Gasteiger partial charge in [0.1, 0.15) is 12.1 Å². The normalized spacial score (nSPS) is 30.0. The monoisotopic (exact) mass is 365 g/mol. The highest BCUT2D eigenvalue weighted by Gasteiger charge is 2.53. The molecular weight excluding hydrogens is 334 g/mol. The Labute approximate surface area is 155 Å². The summed E-state index contributed by atoms with van der Waals surface area (Å²) in [7, 11) is 0. The molecule has 1 saturated carbocycles. The topological polar surface area (TPSA) is 79.0 Å². The molecule has 1 aliphatic carbocycles. The molecule has 7 nitrogen and oxygen atoms in total. The smallest absolute Gasteiger partial charge is 0.325 e. The molecule has 3 rings (SSSR count). The number of nitrogens with one attached hydrogen (secondary N) is 1. The van der Waals surface area contributed by atoms with Crippen LogP contribution in [0.25, 0.3) is 0 Å². The van der Waals surface area contributed by atoms with Crippen LogP contribution in [0.3, 0.4) is 0 Å². The maximum absolute atomic E-state index is 13.0. The number of nitrogens with zero attached hydrogens (tertiary/aromatic N) is 2. The van der Waals surface area contributed by atoms with E-state index in [-0.39, 0.29) is 23.8 Å². The summed E-state index contributed by atoms with van der Waals surface area (Å²) in [5.41, 5.74) is -0.554. The van der Waals surface area contributed by atoms with Crippen LogP contribution < -0.4 is 5.32 Å². The van der Waals surface area contributed by atoms with Gasteiger partial charge in [-0.3, -0.25) is 14.5 Å². The first kappa shape index (κ1) is 19.1. The number of imide groups is 1. The molecule has 2 heterocycles. The van der Waals surface area contributed by atoms with Crippen molar-refractivity contribution >= 4 is 17.8 Å². The van der Waals surface area contributed by atoms with Crippen molar-refractivity contribution in [3.05, 3.63) is 0 Å². The highest BCUT2D eigenvalue weighted by atomic mass is 16.5. The Morgan fingerprint density at radius 3 is 2.42 bits per heavy atom. The zero-order valence-electron chi connectivity index (χ0n) is 16.2. The van der Waals surface area contributed by atoms with Crippen molar-refractivity contribution in [3.63, 3.8) is 0 Å².